The van der Waals surface area contributed by atoms with E-state index in [0.717, 1.165) is 51.6 Å². The van der Waals surface area contributed by atoms with Gasteiger partial charge >= 0.3 is 0 Å². The number of hydrogen-bond donors (Lipinski definition) is 1. The Morgan fingerprint density at radius 2 is 1.67 bits per heavy atom. The Labute approximate surface area is 133 Å². The Bertz CT molecular complexity index is 438. The number of amides is 1. The lowest BCUT2D eigenvalue weighted by Gasteiger charge is -2.23. The quantitative estimate of drug-likeness (QED) is 0.528. The standard InChI is InChI=1S/C17H27ClN2O/c1-3-5-7-11-20(12-8-6-4-2)17(21)15-13-14(19)9-10-16(15)18/h9-10,13H,3-8,11-12,19H2,1-2H3. The van der Waals surface area contributed by atoms with Gasteiger partial charge in [-0.05, 0) is 31.0 Å². The average molecular weight is 311 g/mol. The molecule has 4 heteroatoms. The molecule has 0 fully saturated rings. The highest BCUT2D eigenvalue weighted by atomic mass is 35.5. The summed E-state index contributed by atoms with van der Waals surface area (Å²) in [5.74, 6) is -0.000457. The number of nitrogens with two attached hydrogens (primary N) is 1. The minimum atomic E-state index is -0.000457. The van der Waals surface area contributed by atoms with Gasteiger partial charge in [-0.3, -0.25) is 4.79 Å². The van der Waals surface area contributed by atoms with Crippen LogP contribution in [0.4, 0.5) is 5.69 Å². The molecule has 0 aliphatic heterocycles. The molecule has 21 heavy (non-hydrogen) atoms. The predicted octanol–water partition coefficient (Wildman–Crippen LogP) is 4.74. The highest BCUT2D eigenvalue weighted by Crippen LogP contribution is 2.21. The summed E-state index contributed by atoms with van der Waals surface area (Å²) >= 11 is 6.15. The third kappa shape index (κ3) is 5.96. The van der Waals surface area contributed by atoms with Gasteiger partial charge in [-0.15, -0.1) is 0 Å². The van der Waals surface area contributed by atoms with Crippen LogP contribution >= 0.6 is 11.6 Å². The summed E-state index contributed by atoms with van der Waals surface area (Å²) in [6.07, 6.45) is 6.65. The molecule has 0 atom stereocenters. The molecule has 0 radical (unpaired) electrons. The van der Waals surface area contributed by atoms with Crippen molar-refractivity contribution in [1.29, 1.82) is 0 Å². The van der Waals surface area contributed by atoms with E-state index in [1.165, 1.54) is 0 Å². The summed E-state index contributed by atoms with van der Waals surface area (Å²) in [5.41, 5.74) is 6.87. The largest absolute Gasteiger partial charge is 0.399 e. The Morgan fingerprint density at radius 3 is 2.19 bits per heavy atom. The molecule has 0 heterocycles. The first-order chi connectivity index (χ1) is 10.1. The van der Waals surface area contributed by atoms with Crippen LogP contribution < -0.4 is 5.73 Å². The van der Waals surface area contributed by atoms with Crippen LogP contribution in [0.5, 0.6) is 0 Å². The predicted molar refractivity (Wildman–Crippen MR) is 90.8 cm³/mol. The van der Waals surface area contributed by atoms with Crippen LogP contribution in [0.25, 0.3) is 0 Å². The van der Waals surface area contributed by atoms with E-state index in [4.69, 9.17) is 17.3 Å². The van der Waals surface area contributed by atoms with Gasteiger partial charge in [-0.2, -0.15) is 0 Å². The first-order valence-electron chi connectivity index (χ1n) is 7.94. The van der Waals surface area contributed by atoms with Gasteiger partial charge in [0.1, 0.15) is 0 Å². The molecule has 0 bridgehead atoms. The van der Waals surface area contributed by atoms with E-state index in [1.807, 2.05) is 4.90 Å². The highest BCUT2D eigenvalue weighted by Gasteiger charge is 2.18. The summed E-state index contributed by atoms with van der Waals surface area (Å²) in [5, 5.41) is 0.477. The molecule has 1 aromatic rings. The average Bonchev–Trinajstić information content (AvgIpc) is 2.48. The number of hydrogen-bond acceptors (Lipinski definition) is 2. The van der Waals surface area contributed by atoms with Crippen molar-refractivity contribution < 1.29 is 4.79 Å². The second kappa shape index (κ2) is 9.67. The number of halogens is 1. The number of carbonyl (C=O) groups is 1. The highest BCUT2D eigenvalue weighted by molar-refractivity contribution is 6.34. The molecule has 0 aromatic heterocycles. The lowest BCUT2D eigenvalue weighted by Crippen LogP contribution is -2.33. The molecular formula is C17H27ClN2O. The molecule has 0 saturated heterocycles. The van der Waals surface area contributed by atoms with Gasteiger partial charge in [0.05, 0.1) is 10.6 Å². The van der Waals surface area contributed by atoms with Gasteiger partial charge < -0.3 is 10.6 Å². The van der Waals surface area contributed by atoms with Crippen molar-refractivity contribution in [1.82, 2.24) is 4.90 Å². The van der Waals surface area contributed by atoms with Gasteiger partial charge in [0.25, 0.3) is 5.91 Å². The van der Waals surface area contributed by atoms with Crippen molar-refractivity contribution in [3.05, 3.63) is 28.8 Å². The van der Waals surface area contributed by atoms with Crippen molar-refractivity contribution in [2.75, 3.05) is 18.8 Å². The molecular weight excluding hydrogens is 284 g/mol. The summed E-state index contributed by atoms with van der Waals surface area (Å²) in [6, 6.07) is 5.09. The molecule has 118 valence electrons. The van der Waals surface area contributed by atoms with E-state index in [2.05, 4.69) is 13.8 Å². The van der Waals surface area contributed by atoms with Gasteiger partial charge in [-0.25, -0.2) is 0 Å². The number of rotatable bonds is 9. The van der Waals surface area contributed by atoms with Gasteiger partial charge in [0.2, 0.25) is 0 Å². The van der Waals surface area contributed by atoms with Crippen molar-refractivity contribution in [2.24, 2.45) is 0 Å². The van der Waals surface area contributed by atoms with Crippen molar-refractivity contribution in [2.45, 2.75) is 52.4 Å². The molecule has 3 nitrogen and oxygen atoms in total. The zero-order valence-corrected chi connectivity index (χ0v) is 14.0. The van der Waals surface area contributed by atoms with Crippen LogP contribution in [0.15, 0.2) is 18.2 Å². The summed E-state index contributed by atoms with van der Waals surface area (Å²) in [6.45, 7) is 5.92. The normalized spacial score (nSPS) is 10.6. The zero-order chi connectivity index (χ0) is 15.7. The smallest absolute Gasteiger partial charge is 0.255 e. The topological polar surface area (TPSA) is 46.3 Å². The minimum Gasteiger partial charge on any atom is -0.399 e. The molecule has 0 saturated carbocycles. The maximum atomic E-state index is 12.7. The fourth-order valence-electron chi connectivity index (χ4n) is 2.30. The van der Waals surface area contributed by atoms with Crippen LogP contribution in [0, 0.1) is 0 Å². The van der Waals surface area contributed by atoms with Crippen LogP contribution in [-0.4, -0.2) is 23.9 Å². The maximum Gasteiger partial charge on any atom is 0.255 e. The van der Waals surface area contributed by atoms with E-state index in [0.29, 0.717) is 16.3 Å². The third-order valence-electron chi connectivity index (χ3n) is 3.57. The molecule has 0 aliphatic carbocycles. The van der Waals surface area contributed by atoms with Gasteiger partial charge in [-0.1, -0.05) is 51.1 Å². The van der Waals surface area contributed by atoms with E-state index in [9.17, 15) is 4.79 Å². The Balaban J connectivity index is 2.79. The molecule has 1 aromatic carbocycles. The summed E-state index contributed by atoms with van der Waals surface area (Å²) < 4.78 is 0. The fourth-order valence-corrected chi connectivity index (χ4v) is 2.50. The molecule has 0 spiro atoms. The second-order valence-corrected chi connectivity index (χ2v) is 5.85. The fraction of sp³-hybridized carbons (Fsp3) is 0.588. The number of benzene rings is 1. The first kappa shape index (κ1) is 17.8. The van der Waals surface area contributed by atoms with Crippen molar-refractivity contribution in [3.8, 4) is 0 Å². The van der Waals surface area contributed by atoms with Crippen LogP contribution in [-0.2, 0) is 0 Å². The molecule has 0 aliphatic rings. The second-order valence-electron chi connectivity index (χ2n) is 5.45. The zero-order valence-electron chi connectivity index (χ0n) is 13.2. The monoisotopic (exact) mass is 310 g/mol. The van der Waals surface area contributed by atoms with E-state index in [-0.39, 0.29) is 5.91 Å². The lowest BCUT2D eigenvalue weighted by atomic mass is 10.1. The number of anilines is 1. The van der Waals surface area contributed by atoms with E-state index < -0.39 is 0 Å². The SMILES string of the molecule is CCCCCN(CCCCC)C(=O)c1cc(N)ccc1Cl. The van der Waals surface area contributed by atoms with E-state index in [1.54, 1.807) is 18.2 Å². The molecule has 1 amide bonds. The number of carbonyl (C=O) groups excluding carboxylic acids is 1. The van der Waals surface area contributed by atoms with Crippen LogP contribution in [0.1, 0.15) is 62.7 Å². The number of nitrogen functional groups attached to an aromatic ring is 1. The Morgan fingerprint density at radius 1 is 1.10 bits per heavy atom. The minimum absolute atomic E-state index is 0.000457. The van der Waals surface area contributed by atoms with Gasteiger partial charge in [0, 0.05) is 18.8 Å². The number of nitrogens with zero attached hydrogens (tertiary/aromatic N) is 1. The third-order valence-corrected chi connectivity index (χ3v) is 3.90. The molecule has 2 N–H and O–H groups in total. The Kier molecular flexibility index (Phi) is 8.21. The van der Waals surface area contributed by atoms with Crippen molar-refractivity contribution in [3.63, 3.8) is 0 Å². The molecule has 1 rings (SSSR count). The maximum absolute atomic E-state index is 12.7. The number of unbranched alkanes of at least 4 members (excludes halogenated alkanes) is 4. The lowest BCUT2D eigenvalue weighted by molar-refractivity contribution is 0.0750. The molecule has 0 unspecified atom stereocenters. The first-order valence-corrected chi connectivity index (χ1v) is 8.32. The Hall–Kier alpha value is -1.22. The van der Waals surface area contributed by atoms with E-state index >= 15 is 0 Å². The summed E-state index contributed by atoms with van der Waals surface area (Å²) in [4.78, 5) is 14.6. The summed E-state index contributed by atoms with van der Waals surface area (Å²) in [7, 11) is 0. The van der Waals surface area contributed by atoms with Crippen LogP contribution in [0.2, 0.25) is 5.02 Å². The van der Waals surface area contributed by atoms with Crippen LogP contribution in [0.3, 0.4) is 0 Å². The van der Waals surface area contributed by atoms with Crippen molar-refractivity contribution >= 4 is 23.2 Å². The van der Waals surface area contributed by atoms with Gasteiger partial charge in [0.15, 0.2) is 0 Å².